The van der Waals surface area contributed by atoms with Crippen molar-refractivity contribution in [2.24, 2.45) is 0 Å². The summed E-state index contributed by atoms with van der Waals surface area (Å²) >= 11 is 7.42. The van der Waals surface area contributed by atoms with E-state index in [2.05, 4.69) is 29.3 Å². The highest BCUT2D eigenvalue weighted by Crippen LogP contribution is 2.36. The third-order valence-corrected chi connectivity index (χ3v) is 4.92. The van der Waals surface area contributed by atoms with Gasteiger partial charge in [-0.3, -0.25) is 0 Å². The van der Waals surface area contributed by atoms with Crippen LogP contribution < -0.4 is 4.74 Å². The minimum atomic E-state index is 0.233. The van der Waals surface area contributed by atoms with Crippen molar-refractivity contribution in [1.82, 2.24) is 10.2 Å². The molecule has 4 nitrogen and oxygen atoms in total. The standard InChI is InChI=1S/C18H17ClN2O2S/c1-2-16(13-6-4-3-5-7-13)24-18-21-20-17(23-18)12-22-15-10-8-14(19)9-11-15/h3-11,16H,2,12H2,1H3. The summed E-state index contributed by atoms with van der Waals surface area (Å²) in [5.74, 6) is 1.16. The van der Waals surface area contributed by atoms with Gasteiger partial charge in [0.2, 0.25) is 0 Å². The fraction of sp³-hybridized carbons (Fsp3) is 0.222. The molecule has 3 aromatic rings. The summed E-state index contributed by atoms with van der Waals surface area (Å²) in [5, 5.41) is 9.66. The summed E-state index contributed by atoms with van der Waals surface area (Å²) in [7, 11) is 0. The number of thioether (sulfide) groups is 1. The average molecular weight is 361 g/mol. The van der Waals surface area contributed by atoms with Crippen molar-refractivity contribution in [2.45, 2.75) is 30.4 Å². The highest BCUT2D eigenvalue weighted by atomic mass is 35.5. The average Bonchev–Trinajstić information content (AvgIpc) is 3.07. The molecule has 0 N–H and O–H groups in total. The monoisotopic (exact) mass is 360 g/mol. The van der Waals surface area contributed by atoms with Gasteiger partial charge in [-0.25, -0.2) is 0 Å². The first-order chi connectivity index (χ1) is 11.7. The van der Waals surface area contributed by atoms with Crippen molar-refractivity contribution in [1.29, 1.82) is 0 Å². The third kappa shape index (κ3) is 4.52. The molecule has 1 heterocycles. The zero-order valence-electron chi connectivity index (χ0n) is 13.2. The molecule has 0 fully saturated rings. The minimum absolute atomic E-state index is 0.233. The number of hydrogen-bond acceptors (Lipinski definition) is 5. The van der Waals surface area contributed by atoms with Crippen molar-refractivity contribution in [3.63, 3.8) is 0 Å². The number of ether oxygens (including phenoxy) is 1. The maximum absolute atomic E-state index is 5.85. The Labute approximate surface area is 150 Å². The number of nitrogens with zero attached hydrogens (tertiary/aromatic N) is 2. The molecule has 1 aromatic heterocycles. The molecule has 3 rings (SSSR count). The van der Waals surface area contributed by atoms with Crippen molar-refractivity contribution < 1.29 is 9.15 Å². The first kappa shape index (κ1) is 16.9. The molecule has 0 aliphatic heterocycles. The smallest absolute Gasteiger partial charge is 0.277 e. The van der Waals surface area contributed by atoms with Crippen LogP contribution in [0.1, 0.15) is 30.0 Å². The predicted octanol–water partition coefficient (Wildman–Crippen LogP) is 5.55. The van der Waals surface area contributed by atoms with E-state index in [-0.39, 0.29) is 11.9 Å². The van der Waals surface area contributed by atoms with Gasteiger partial charge < -0.3 is 9.15 Å². The van der Waals surface area contributed by atoms with Crippen LogP contribution in [0.2, 0.25) is 5.02 Å². The third-order valence-electron chi connectivity index (χ3n) is 3.41. The molecule has 0 bridgehead atoms. The van der Waals surface area contributed by atoms with E-state index in [0.717, 1.165) is 6.42 Å². The highest BCUT2D eigenvalue weighted by Gasteiger charge is 2.15. The van der Waals surface area contributed by atoms with Crippen molar-refractivity contribution >= 4 is 23.4 Å². The maximum Gasteiger partial charge on any atom is 0.277 e. The lowest BCUT2D eigenvalue weighted by Crippen LogP contribution is -1.95. The Bertz CT molecular complexity index is 762. The lowest BCUT2D eigenvalue weighted by molar-refractivity contribution is 0.252. The second-order valence-electron chi connectivity index (χ2n) is 5.13. The zero-order chi connectivity index (χ0) is 16.8. The molecule has 2 aromatic carbocycles. The van der Waals surface area contributed by atoms with Gasteiger partial charge in [0.05, 0.1) is 0 Å². The second kappa shape index (κ2) is 8.22. The van der Waals surface area contributed by atoms with Crippen LogP contribution in [-0.2, 0) is 6.61 Å². The number of rotatable bonds is 7. The summed E-state index contributed by atoms with van der Waals surface area (Å²) in [6.45, 7) is 2.38. The van der Waals surface area contributed by atoms with Gasteiger partial charge in [0.25, 0.3) is 11.1 Å². The van der Waals surface area contributed by atoms with Crippen LogP contribution in [0, 0.1) is 0 Å². The number of halogens is 1. The fourth-order valence-electron chi connectivity index (χ4n) is 2.20. The maximum atomic E-state index is 5.85. The number of benzene rings is 2. The lowest BCUT2D eigenvalue weighted by atomic mass is 10.1. The van der Waals surface area contributed by atoms with Gasteiger partial charge >= 0.3 is 0 Å². The van der Waals surface area contributed by atoms with E-state index < -0.39 is 0 Å². The Morgan fingerprint density at radius 3 is 2.54 bits per heavy atom. The van der Waals surface area contributed by atoms with Crippen LogP contribution >= 0.6 is 23.4 Å². The number of aromatic nitrogens is 2. The molecule has 0 spiro atoms. The summed E-state index contributed by atoms with van der Waals surface area (Å²) < 4.78 is 11.3. The molecule has 0 amide bonds. The predicted molar refractivity (Wildman–Crippen MR) is 95.4 cm³/mol. The lowest BCUT2D eigenvalue weighted by Gasteiger charge is -2.11. The van der Waals surface area contributed by atoms with Gasteiger partial charge in [-0.1, -0.05) is 60.6 Å². The largest absolute Gasteiger partial charge is 0.484 e. The van der Waals surface area contributed by atoms with Gasteiger partial charge in [0.1, 0.15) is 5.75 Å². The van der Waals surface area contributed by atoms with E-state index in [9.17, 15) is 0 Å². The van der Waals surface area contributed by atoms with E-state index >= 15 is 0 Å². The van der Waals surface area contributed by atoms with E-state index in [0.29, 0.717) is 21.9 Å². The molecule has 124 valence electrons. The Hall–Kier alpha value is -1.98. The molecule has 0 radical (unpaired) electrons. The summed E-state index contributed by atoms with van der Waals surface area (Å²) in [4.78, 5) is 0. The molecule has 0 aliphatic carbocycles. The topological polar surface area (TPSA) is 48.2 Å². The molecule has 0 aliphatic rings. The Balaban J connectivity index is 1.59. The first-order valence-corrected chi connectivity index (χ1v) is 8.92. The van der Waals surface area contributed by atoms with E-state index in [1.165, 1.54) is 5.56 Å². The molecule has 0 saturated heterocycles. The normalized spacial score (nSPS) is 12.1. The van der Waals surface area contributed by atoms with Crippen LogP contribution in [0.5, 0.6) is 5.75 Å². The quantitative estimate of drug-likeness (QED) is 0.517. The van der Waals surface area contributed by atoms with E-state index in [4.69, 9.17) is 20.8 Å². The van der Waals surface area contributed by atoms with Crippen LogP contribution in [0.15, 0.2) is 64.2 Å². The van der Waals surface area contributed by atoms with Gasteiger partial charge in [0.15, 0.2) is 6.61 Å². The van der Waals surface area contributed by atoms with Gasteiger partial charge in [-0.05, 0) is 36.2 Å². The van der Waals surface area contributed by atoms with Crippen molar-refractivity contribution in [3.05, 3.63) is 71.1 Å². The van der Waals surface area contributed by atoms with E-state index in [1.54, 1.807) is 36.0 Å². The van der Waals surface area contributed by atoms with Crippen LogP contribution in [0.4, 0.5) is 0 Å². The molecular weight excluding hydrogens is 344 g/mol. The van der Waals surface area contributed by atoms with Crippen LogP contribution in [0.3, 0.4) is 0 Å². The minimum Gasteiger partial charge on any atom is -0.484 e. The Morgan fingerprint density at radius 1 is 1.08 bits per heavy atom. The van der Waals surface area contributed by atoms with Crippen molar-refractivity contribution in [2.75, 3.05) is 0 Å². The van der Waals surface area contributed by atoms with Crippen LogP contribution in [0.25, 0.3) is 0 Å². The SMILES string of the molecule is CCC(Sc1nnc(COc2ccc(Cl)cc2)o1)c1ccccc1. The number of hydrogen-bond donors (Lipinski definition) is 0. The molecule has 1 atom stereocenters. The van der Waals surface area contributed by atoms with Gasteiger partial charge in [-0.2, -0.15) is 0 Å². The van der Waals surface area contributed by atoms with Crippen molar-refractivity contribution in [3.8, 4) is 5.75 Å². The molecule has 1 unspecified atom stereocenters. The van der Waals surface area contributed by atoms with Gasteiger partial charge in [-0.15, -0.1) is 10.2 Å². The fourth-order valence-corrected chi connectivity index (χ4v) is 3.26. The summed E-state index contributed by atoms with van der Waals surface area (Å²) in [6.07, 6.45) is 0.980. The molecule has 6 heteroatoms. The molecular formula is C18H17ClN2O2S. The summed E-state index contributed by atoms with van der Waals surface area (Å²) in [5.41, 5.74) is 1.25. The second-order valence-corrected chi connectivity index (χ2v) is 6.72. The highest BCUT2D eigenvalue weighted by molar-refractivity contribution is 7.99. The van der Waals surface area contributed by atoms with Gasteiger partial charge in [0, 0.05) is 10.3 Å². The Morgan fingerprint density at radius 2 is 1.83 bits per heavy atom. The molecule has 24 heavy (non-hydrogen) atoms. The van der Waals surface area contributed by atoms with E-state index in [1.807, 2.05) is 18.2 Å². The first-order valence-electron chi connectivity index (χ1n) is 7.67. The Kier molecular flexibility index (Phi) is 5.77. The summed E-state index contributed by atoms with van der Waals surface area (Å²) in [6, 6.07) is 17.5. The molecule has 0 saturated carbocycles. The van der Waals surface area contributed by atoms with Crippen LogP contribution in [-0.4, -0.2) is 10.2 Å². The zero-order valence-corrected chi connectivity index (χ0v) is 14.8.